The number of furan rings is 1. The maximum absolute atomic E-state index is 6.49. The molecular formula is C41H31N3O. The van der Waals surface area contributed by atoms with E-state index in [1.807, 2.05) is 79.8 Å². The SMILES string of the molecule is C=C/C=C(\C=C/C)n1c(C=C)c(C=C)c2cc(-c3ccc4c(c3)oc3nc(-c5ccccc5)nc(-c5ccccc5)c34)ccc21. The molecule has 0 saturated heterocycles. The molecular weight excluding hydrogens is 550 g/mol. The number of nitrogens with zero attached hydrogens (tertiary/aromatic N) is 3. The van der Waals surface area contributed by atoms with Crippen molar-refractivity contribution in [3.05, 3.63) is 152 Å². The molecule has 4 nitrogen and oxygen atoms in total. The Bertz CT molecular complexity index is 2320. The summed E-state index contributed by atoms with van der Waals surface area (Å²) in [7, 11) is 0. The van der Waals surface area contributed by atoms with Crippen LogP contribution >= 0.6 is 0 Å². The van der Waals surface area contributed by atoms with Crippen molar-refractivity contribution in [2.45, 2.75) is 6.92 Å². The largest absolute Gasteiger partial charge is 0.438 e. The number of aromatic nitrogens is 3. The fourth-order valence-corrected chi connectivity index (χ4v) is 6.08. The normalized spacial score (nSPS) is 12.0. The van der Waals surface area contributed by atoms with Crippen molar-refractivity contribution < 1.29 is 4.42 Å². The number of allylic oxidation sites excluding steroid dienone is 5. The molecule has 3 heterocycles. The minimum atomic E-state index is 0.567. The third kappa shape index (κ3) is 4.73. The van der Waals surface area contributed by atoms with Gasteiger partial charge < -0.3 is 8.98 Å². The van der Waals surface area contributed by atoms with E-state index >= 15 is 0 Å². The van der Waals surface area contributed by atoms with Crippen LogP contribution in [0.1, 0.15) is 18.2 Å². The van der Waals surface area contributed by atoms with Crippen LogP contribution in [0.2, 0.25) is 0 Å². The summed E-state index contributed by atoms with van der Waals surface area (Å²) in [6.07, 6.45) is 11.7. The Morgan fingerprint density at radius 3 is 2.13 bits per heavy atom. The molecule has 45 heavy (non-hydrogen) atoms. The van der Waals surface area contributed by atoms with E-state index in [9.17, 15) is 0 Å². The lowest BCUT2D eigenvalue weighted by atomic mass is 10.00. The van der Waals surface area contributed by atoms with Crippen LogP contribution in [0.3, 0.4) is 0 Å². The van der Waals surface area contributed by atoms with E-state index in [-0.39, 0.29) is 0 Å². The fraction of sp³-hybridized carbons (Fsp3) is 0.0244. The van der Waals surface area contributed by atoms with Gasteiger partial charge in [-0.25, -0.2) is 4.98 Å². The van der Waals surface area contributed by atoms with Crippen LogP contribution in [0, 0.1) is 0 Å². The molecule has 0 unspecified atom stereocenters. The Labute approximate surface area is 262 Å². The van der Waals surface area contributed by atoms with Gasteiger partial charge in [-0.1, -0.05) is 111 Å². The van der Waals surface area contributed by atoms with Crippen molar-refractivity contribution in [3.63, 3.8) is 0 Å². The Kier molecular flexibility index (Phi) is 7.16. The molecule has 0 spiro atoms. The highest BCUT2D eigenvalue weighted by Gasteiger charge is 2.20. The first-order valence-corrected chi connectivity index (χ1v) is 14.9. The van der Waals surface area contributed by atoms with Crippen LogP contribution in [0.5, 0.6) is 0 Å². The maximum atomic E-state index is 6.49. The standard InChI is InChI=1S/C41H31N3O/c1-5-15-31(16-6-2)44-35(8-4)32(7-3)34-25-29(22-24-36(34)44)30-21-23-33-37(26-30)45-41-38(33)39(27-17-11-9-12-18-27)42-40(43-41)28-19-13-10-14-20-28/h5-26H,1,3-4H2,2H3/b16-6-,31-15+. The van der Waals surface area contributed by atoms with Crippen LogP contribution in [0.25, 0.3) is 84.6 Å². The number of benzene rings is 4. The van der Waals surface area contributed by atoms with Gasteiger partial charge in [0.15, 0.2) is 5.82 Å². The van der Waals surface area contributed by atoms with Crippen molar-refractivity contribution in [3.8, 4) is 33.8 Å². The van der Waals surface area contributed by atoms with E-state index in [1.165, 1.54) is 0 Å². The molecule has 0 N–H and O–H groups in total. The van der Waals surface area contributed by atoms with E-state index in [4.69, 9.17) is 14.4 Å². The van der Waals surface area contributed by atoms with E-state index < -0.39 is 0 Å². The number of rotatable bonds is 8. The maximum Gasteiger partial charge on any atom is 0.231 e. The number of hydrogen-bond donors (Lipinski definition) is 0. The van der Waals surface area contributed by atoms with Crippen LogP contribution in [-0.2, 0) is 0 Å². The van der Waals surface area contributed by atoms with Gasteiger partial charge in [-0.2, -0.15) is 4.98 Å². The summed E-state index contributed by atoms with van der Waals surface area (Å²) in [5.74, 6) is 0.633. The zero-order chi connectivity index (χ0) is 30.9. The molecule has 0 bridgehead atoms. The van der Waals surface area contributed by atoms with E-state index in [0.717, 1.165) is 72.2 Å². The number of fused-ring (bicyclic) bond motifs is 4. The molecule has 0 aliphatic carbocycles. The summed E-state index contributed by atoms with van der Waals surface area (Å²) in [4.78, 5) is 9.93. The Hall–Kier alpha value is -6.00. The summed E-state index contributed by atoms with van der Waals surface area (Å²) in [5.41, 5.74) is 10.3. The molecule has 7 aromatic rings. The summed E-state index contributed by atoms with van der Waals surface area (Å²) in [5, 5.41) is 2.97. The molecule has 0 fully saturated rings. The van der Waals surface area contributed by atoms with Crippen LogP contribution < -0.4 is 0 Å². The molecule has 0 aliphatic rings. The van der Waals surface area contributed by atoms with E-state index in [1.54, 1.807) is 6.08 Å². The first-order valence-electron chi connectivity index (χ1n) is 14.9. The molecule has 4 heteroatoms. The summed E-state index contributed by atoms with van der Waals surface area (Å²) in [6, 6.07) is 33.1. The van der Waals surface area contributed by atoms with Crippen LogP contribution in [-0.4, -0.2) is 14.5 Å². The highest BCUT2D eigenvalue weighted by atomic mass is 16.3. The second kappa shape index (κ2) is 11.6. The summed E-state index contributed by atoms with van der Waals surface area (Å²) < 4.78 is 8.68. The van der Waals surface area contributed by atoms with Crippen molar-refractivity contribution in [2.24, 2.45) is 0 Å². The fourth-order valence-electron chi connectivity index (χ4n) is 6.08. The van der Waals surface area contributed by atoms with Gasteiger partial charge in [-0.3, -0.25) is 0 Å². The first-order chi connectivity index (χ1) is 22.1. The Morgan fingerprint density at radius 2 is 1.44 bits per heavy atom. The lowest BCUT2D eigenvalue weighted by Crippen LogP contribution is -1.97. The number of hydrogen-bond acceptors (Lipinski definition) is 3. The Morgan fingerprint density at radius 1 is 0.733 bits per heavy atom. The minimum Gasteiger partial charge on any atom is -0.438 e. The van der Waals surface area contributed by atoms with Gasteiger partial charge in [-0.15, -0.1) is 0 Å². The predicted molar refractivity (Wildman–Crippen MR) is 191 cm³/mol. The summed E-state index contributed by atoms with van der Waals surface area (Å²) in [6.45, 7) is 14.2. The highest BCUT2D eigenvalue weighted by molar-refractivity contribution is 6.11. The van der Waals surface area contributed by atoms with Gasteiger partial charge >= 0.3 is 0 Å². The van der Waals surface area contributed by atoms with Crippen molar-refractivity contribution >= 4 is 50.8 Å². The van der Waals surface area contributed by atoms with Gasteiger partial charge in [0.25, 0.3) is 0 Å². The molecule has 0 amide bonds. The predicted octanol–water partition coefficient (Wildman–Crippen LogP) is 11.2. The zero-order valence-electron chi connectivity index (χ0n) is 25.1. The molecule has 4 aromatic carbocycles. The highest BCUT2D eigenvalue weighted by Crippen LogP contribution is 2.39. The third-order valence-corrected chi connectivity index (χ3v) is 8.07. The monoisotopic (exact) mass is 581 g/mol. The molecule has 0 radical (unpaired) electrons. The van der Waals surface area contributed by atoms with Crippen molar-refractivity contribution in [1.82, 2.24) is 14.5 Å². The van der Waals surface area contributed by atoms with Crippen LogP contribution in [0.15, 0.2) is 146 Å². The second-order valence-electron chi connectivity index (χ2n) is 10.7. The average molecular weight is 582 g/mol. The van der Waals surface area contributed by atoms with Gasteiger partial charge in [0.2, 0.25) is 5.71 Å². The molecule has 0 aliphatic heterocycles. The Balaban J connectivity index is 1.42. The van der Waals surface area contributed by atoms with Gasteiger partial charge in [-0.05, 0) is 60.5 Å². The van der Waals surface area contributed by atoms with Crippen molar-refractivity contribution in [2.75, 3.05) is 0 Å². The zero-order valence-corrected chi connectivity index (χ0v) is 25.1. The molecule has 0 saturated carbocycles. The smallest absolute Gasteiger partial charge is 0.231 e. The lowest BCUT2D eigenvalue weighted by molar-refractivity contribution is 0.654. The lowest BCUT2D eigenvalue weighted by Gasteiger charge is -2.10. The molecule has 3 aromatic heterocycles. The quantitative estimate of drug-likeness (QED) is 0.168. The summed E-state index contributed by atoms with van der Waals surface area (Å²) >= 11 is 0. The second-order valence-corrected chi connectivity index (χ2v) is 10.7. The van der Waals surface area contributed by atoms with Crippen LogP contribution in [0.4, 0.5) is 0 Å². The third-order valence-electron chi connectivity index (χ3n) is 8.07. The van der Waals surface area contributed by atoms with Gasteiger partial charge in [0.1, 0.15) is 5.58 Å². The topological polar surface area (TPSA) is 43.9 Å². The first kappa shape index (κ1) is 27.8. The van der Waals surface area contributed by atoms with E-state index in [2.05, 4.69) is 78.9 Å². The minimum absolute atomic E-state index is 0.567. The van der Waals surface area contributed by atoms with Gasteiger partial charge in [0.05, 0.1) is 22.3 Å². The molecule has 0 atom stereocenters. The van der Waals surface area contributed by atoms with E-state index in [0.29, 0.717) is 11.5 Å². The molecule has 216 valence electrons. The molecule has 7 rings (SSSR count). The van der Waals surface area contributed by atoms with Crippen molar-refractivity contribution in [1.29, 1.82) is 0 Å². The average Bonchev–Trinajstić information content (AvgIpc) is 3.62. The van der Waals surface area contributed by atoms with Gasteiger partial charge in [0, 0.05) is 33.2 Å².